The van der Waals surface area contributed by atoms with E-state index in [1.54, 1.807) is 100 Å². The molecule has 6 N–H and O–H groups in total. The van der Waals surface area contributed by atoms with Gasteiger partial charge in [0.05, 0.1) is 84.2 Å². The molecule has 6 atom stereocenters. The Hall–Kier alpha value is -7.93. The Morgan fingerprint density at radius 2 is 0.601 bits per heavy atom. The third-order valence-electron chi connectivity index (χ3n) is 31.1. The van der Waals surface area contributed by atoms with Crippen molar-refractivity contribution in [2.75, 3.05) is 89.9 Å². The van der Waals surface area contributed by atoms with Crippen LogP contribution in [0.4, 0.5) is 42.3 Å². The van der Waals surface area contributed by atoms with Gasteiger partial charge >= 0.3 is 6.18 Å². The van der Waals surface area contributed by atoms with E-state index in [0.717, 1.165) is 144 Å². The van der Waals surface area contributed by atoms with E-state index in [-0.39, 0.29) is 84.0 Å². The first-order chi connectivity index (χ1) is 65.2. The normalized spacial score (nSPS) is 21.3. The minimum atomic E-state index is -4.88. The first-order valence-electron chi connectivity index (χ1n) is 47.5. The molecule has 5 aromatic heterocycles. The van der Waals surface area contributed by atoms with Crippen LogP contribution >= 0.6 is 116 Å². The van der Waals surface area contributed by atoms with E-state index >= 15 is 0 Å². The zero-order valence-electron chi connectivity index (χ0n) is 80.3. The number of nitrogens with zero attached hydrogens (tertiary/aromatic N) is 15. The summed E-state index contributed by atoms with van der Waals surface area (Å²) in [6.45, 7) is 34.4. The zero-order valence-corrected chi connectivity index (χ0v) is 87.9. The van der Waals surface area contributed by atoms with Crippen LogP contribution < -0.4 is 69.5 Å². The Bertz CT molecular complexity index is 6490. The van der Waals surface area contributed by atoms with Crippen LogP contribution in [-0.4, -0.2) is 131 Å². The summed E-state index contributed by atoms with van der Waals surface area (Å²) < 4.78 is 49.3. The molecule has 0 unspecified atom stereocenters. The van der Waals surface area contributed by atoms with Gasteiger partial charge in [0.2, 0.25) is 0 Å². The van der Waals surface area contributed by atoms with Gasteiger partial charge in [0.15, 0.2) is 5.56 Å². The number of alkyl halides is 3. The summed E-state index contributed by atoms with van der Waals surface area (Å²) in [5, 5.41) is 3.23. The van der Waals surface area contributed by atoms with Gasteiger partial charge < -0.3 is 41.7 Å². The first-order valence-corrected chi connectivity index (χ1v) is 51.3. The van der Waals surface area contributed by atoms with Gasteiger partial charge in [-0.1, -0.05) is 201 Å². The van der Waals surface area contributed by atoms with Gasteiger partial charge in [-0.25, -0.2) is 24.9 Å². The Morgan fingerprint density at radius 3 is 0.877 bits per heavy atom. The third-order valence-corrected chi connectivity index (χ3v) is 35.1. The van der Waals surface area contributed by atoms with Crippen LogP contribution in [0.5, 0.6) is 0 Å². The number of aromatic nitrogens is 10. The molecular formula is C102H123Cl10F3N18O5. The van der Waals surface area contributed by atoms with Crippen LogP contribution in [0.2, 0.25) is 50.2 Å². The summed E-state index contributed by atoms with van der Waals surface area (Å²) in [5.74, 6) is 6.76. The largest absolute Gasteiger partial charge is 0.425 e. The highest BCUT2D eigenvalue weighted by molar-refractivity contribution is 6.45. The molecule has 0 amide bonds. The Kier molecular flexibility index (Phi) is 32.9. The monoisotopic (exact) mass is 2090 g/mol. The minimum absolute atomic E-state index is 0.00806. The first kappa shape index (κ1) is 106. The predicted octanol–water partition coefficient (Wildman–Crippen LogP) is 23.2. The maximum atomic E-state index is 14.1. The lowest BCUT2D eigenvalue weighted by molar-refractivity contribution is -0.138. The molecule has 3 aliphatic carbocycles. The summed E-state index contributed by atoms with van der Waals surface area (Å²) in [6, 6.07) is 30.9. The van der Waals surface area contributed by atoms with Crippen molar-refractivity contribution in [3.63, 3.8) is 0 Å². The van der Waals surface area contributed by atoms with Crippen LogP contribution in [0.3, 0.4) is 0 Å². The summed E-state index contributed by atoms with van der Waals surface area (Å²) in [4.78, 5) is 98.2. The van der Waals surface area contributed by atoms with Gasteiger partial charge in [-0.2, -0.15) is 13.2 Å². The molecule has 23 nitrogen and oxygen atoms in total. The van der Waals surface area contributed by atoms with Crippen LogP contribution in [-0.2, 0) is 6.18 Å². The average Bonchev–Trinajstić information content (AvgIpc) is 0.803. The van der Waals surface area contributed by atoms with E-state index in [4.69, 9.17) is 143 Å². The van der Waals surface area contributed by atoms with Gasteiger partial charge in [-0.3, -0.25) is 46.8 Å². The van der Waals surface area contributed by atoms with E-state index in [1.165, 1.54) is 70.9 Å². The summed E-state index contributed by atoms with van der Waals surface area (Å²) in [7, 11) is 0. The van der Waals surface area contributed by atoms with Gasteiger partial charge in [0.1, 0.15) is 58.2 Å². The number of benzene rings is 5. The summed E-state index contributed by atoms with van der Waals surface area (Å²) >= 11 is 61.9. The van der Waals surface area contributed by atoms with Crippen molar-refractivity contribution < 1.29 is 13.2 Å². The van der Waals surface area contributed by atoms with Gasteiger partial charge in [-0.15, -0.1) is 0 Å². The maximum absolute atomic E-state index is 14.1. The quantitative estimate of drug-likeness (QED) is 0.109. The molecule has 0 radical (unpaired) electrons. The molecule has 5 aliphatic heterocycles. The number of rotatable bonds is 11. The number of aryl methyl sites for hydroxylation is 5. The molecule has 36 heteroatoms. The van der Waals surface area contributed by atoms with Crippen molar-refractivity contribution in [3.05, 3.63) is 251 Å². The lowest BCUT2D eigenvalue weighted by atomic mass is 9.73. The number of hydrogen-bond acceptors (Lipinski definition) is 18. The number of halogens is 13. The van der Waals surface area contributed by atoms with E-state index in [9.17, 15) is 37.1 Å². The van der Waals surface area contributed by atoms with E-state index < -0.39 is 17.3 Å². The number of anilines is 5. The van der Waals surface area contributed by atoms with Crippen molar-refractivity contribution in [1.82, 2.24) is 47.8 Å². The molecule has 10 heterocycles. The fraction of sp³-hybridized carbons (Fsp3) is 0.510. The minimum Gasteiger partial charge on any atom is -0.356 e. The zero-order chi connectivity index (χ0) is 100. The van der Waals surface area contributed by atoms with Gasteiger partial charge in [-0.05, 0) is 250 Å². The lowest BCUT2D eigenvalue weighted by Crippen LogP contribution is -2.49. The van der Waals surface area contributed by atoms with Crippen LogP contribution in [0.1, 0.15) is 198 Å². The van der Waals surface area contributed by atoms with E-state index in [2.05, 4.69) is 83.0 Å². The highest BCUT2D eigenvalue weighted by Crippen LogP contribution is 2.53. The van der Waals surface area contributed by atoms with E-state index in [0.29, 0.717) is 146 Å². The Morgan fingerprint density at radius 1 is 0.348 bits per heavy atom. The van der Waals surface area contributed by atoms with Crippen LogP contribution in [0, 0.1) is 86.4 Å². The molecule has 8 aliphatic rings. The Labute approximate surface area is 854 Å². The SMILES string of the molecule is CCC1(C)CCN(c2cc(=O)n(-c3cccc(Cl)c3Cl)c(C)n2)CC1.Cc1c(N2CCC3(CC[C@H](C)[C@@H]3N)CC2)nc(C)n(-c2cccc(Cl)c2Cl)c1=O.Cc1nc(N2CCC(C)(C)CC2)cc(=O)n1-c1cccc(Cl)c1Cl.Cc1nc(N2CCC3(CC[C@H](C)[C@@H]3N)CC2)c(C(F)(F)F)c(=O)n1-c1cccc(Cl)c1Cl.Cc1nc(N2CCC3(CC[C@H](C)[C@@H]3N)CC2)cc(=O)n1-c1cccc(Cl)c1Cl. The van der Waals surface area contributed by atoms with Crippen molar-refractivity contribution >= 4 is 145 Å². The van der Waals surface area contributed by atoms with E-state index in [1.807, 2.05) is 34.6 Å². The fourth-order valence-electron chi connectivity index (χ4n) is 21.7. The second kappa shape index (κ2) is 42.9. The topological polar surface area (TPSA) is 269 Å². The van der Waals surface area contributed by atoms with Gasteiger partial charge in [0.25, 0.3) is 27.8 Å². The number of hydrogen-bond donors (Lipinski definition) is 3. The molecule has 742 valence electrons. The van der Waals surface area contributed by atoms with Gasteiger partial charge in [0, 0.05) is 102 Å². The van der Waals surface area contributed by atoms with Crippen LogP contribution in [0.25, 0.3) is 28.4 Å². The predicted molar refractivity (Wildman–Crippen MR) is 559 cm³/mol. The second-order valence-corrected chi connectivity index (χ2v) is 44.0. The highest BCUT2D eigenvalue weighted by Gasteiger charge is 2.51. The smallest absolute Gasteiger partial charge is 0.356 e. The number of nitrogens with two attached hydrogens (primary N) is 3. The van der Waals surface area contributed by atoms with Crippen LogP contribution in [0.15, 0.2) is 133 Å². The highest BCUT2D eigenvalue weighted by atomic mass is 35.5. The second-order valence-electron chi connectivity index (χ2n) is 40.1. The van der Waals surface area contributed by atoms with Crippen molar-refractivity contribution in [2.24, 2.45) is 62.0 Å². The molecule has 0 bridgehead atoms. The molecule has 3 spiro atoms. The molecule has 10 aromatic rings. The average molecular weight is 2090 g/mol. The molecule has 5 saturated heterocycles. The summed E-state index contributed by atoms with van der Waals surface area (Å²) in [6.07, 6.45) is 13.2. The molecule has 8 fully saturated rings. The van der Waals surface area contributed by atoms with Crippen molar-refractivity contribution in [1.29, 1.82) is 0 Å². The molecule has 3 saturated carbocycles. The molecular weight excluding hydrogens is 1970 g/mol. The molecule has 18 rings (SSSR count). The fourth-order valence-corrected chi connectivity index (χ4v) is 23.6. The van der Waals surface area contributed by atoms with Crippen molar-refractivity contribution in [2.45, 2.75) is 223 Å². The lowest BCUT2D eigenvalue weighted by Gasteiger charge is -2.43. The Balaban J connectivity index is 0.000000138. The standard InChI is InChI=1S/C22H25Cl2F3N4O.C22H28Cl2N4O.C21H26Cl2N4O.C19H23Cl2N3O.C18H21Cl2N3O/c1-12-6-7-21(18(12)28)8-10-30(11-9-21)19-16(22(25,26)27)20(32)31(13(2)29-19)15-5-3-4-14(23)17(15)24;1-13-7-8-22(19(13)25)9-11-27(12-10-22)20-14(2)21(29)28(15(3)26-20)17-6-4-5-16(23)18(17)24;1-13-6-7-21(20(13)24)8-10-26(11-9-21)17-12-18(28)27(14(2)25-17)16-5-3-4-15(22)19(16)23;1-4-19(3)8-10-23(11-9-19)16-12-17(25)24(13(2)22-16)15-7-5-6-14(20)18(15)21;1-12-21-15(22-9-7-18(2,3)8-10-22)11-16(24)23(12)14-6-4-5-13(19)17(14)20/h3-5,12,18H,6-11,28H2,1-2H3;4-6,13,19H,7-12,25H2,1-3H3;3-5,12-13,20H,6-11,24H2,1-2H3;5-7,12H,4,8-11H2,1-3H3;4-6,11H,7-10H2,1-3H3/t12-,18-;13-,19-;13-,20-;;/m000../s1. The molecule has 138 heavy (non-hydrogen) atoms. The summed E-state index contributed by atoms with van der Waals surface area (Å²) in [5.41, 5.74) is 20.6. The maximum Gasteiger partial charge on any atom is 0.425 e. The third kappa shape index (κ3) is 21.9. The molecule has 5 aromatic carbocycles. The van der Waals surface area contributed by atoms with Crippen molar-refractivity contribution in [3.8, 4) is 28.4 Å². The number of piperidine rings is 5.